The van der Waals surface area contributed by atoms with Gasteiger partial charge in [-0.25, -0.2) is 9.78 Å². The molecule has 0 spiro atoms. The Labute approximate surface area is 185 Å². The third kappa shape index (κ3) is 4.08. The van der Waals surface area contributed by atoms with E-state index in [1.54, 1.807) is 0 Å². The summed E-state index contributed by atoms with van der Waals surface area (Å²) in [6, 6.07) is 12.9. The number of hydrogen-bond acceptors (Lipinski definition) is 4. The van der Waals surface area contributed by atoms with Crippen molar-refractivity contribution in [3.8, 4) is 17.1 Å². The van der Waals surface area contributed by atoms with Gasteiger partial charge < -0.3 is 14.4 Å². The third-order valence-corrected chi connectivity index (χ3v) is 5.83. The number of halogens is 1. The van der Waals surface area contributed by atoms with Crippen LogP contribution in [0.5, 0.6) is 5.75 Å². The third-order valence-electron chi connectivity index (χ3n) is 5.56. The Morgan fingerprint density at radius 2 is 1.97 bits per heavy atom. The first kappa shape index (κ1) is 21.1. The van der Waals surface area contributed by atoms with Crippen molar-refractivity contribution < 1.29 is 14.6 Å². The van der Waals surface area contributed by atoms with Gasteiger partial charge in [0.25, 0.3) is 0 Å². The topological polar surface area (TPSA) is 81.4 Å². The van der Waals surface area contributed by atoms with Crippen LogP contribution in [-0.4, -0.2) is 20.6 Å². The first-order valence-electron chi connectivity index (χ1n) is 10.0. The lowest BCUT2D eigenvalue weighted by molar-refractivity contribution is 0.0693. The number of rotatable bonds is 4. The van der Waals surface area contributed by atoms with E-state index in [1.807, 2.05) is 41.0 Å². The van der Waals surface area contributed by atoms with Gasteiger partial charge in [-0.1, -0.05) is 62.7 Å². The number of aromatic carboxylic acids is 1. The number of carboxylic acids is 1. The fourth-order valence-electron chi connectivity index (χ4n) is 3.91. The average molecular weight is 439 g/mol. The zero-order valence-corrected chi connectivity index (χ0v) is 18.3. The molecule has 0 amide bonds. The summed E-state index contributed by atoms with van der Waals surface area (Å²) in [6.45, 7) is 6.62. The van der Waals surface area contributed by atoms with Gasteiger partial charge in [0, 0.05) is 18.3 Å². The SMILES string of the molecule is CC(C)(C)[C@@H]1Cc2cc(OCc3ccccc3)c(Cl)nc2-c2cc(=O)c(C(=O)O)cn21. The highest BCUT2D eigenvalue weighted by molar-refractivity contribution is 6.31. The van der Waals surface area contributed by atoms with Gasteiger partial charge in [0.2, 0.25) is 0 Å². The van der Waals surface area contributed by atoms with Crippen LogP contribution >= 0.6 is 11.6 Å². The summed E-state index contributed by atoms with van der Waals surface area (Å²) in [5.74, 6) is -0.760. The molecule has 7 heteroatoms. The van der Waals surface area contributed by atoms with Gasteiger partial charge >= 0.3 is 5.97 Å². The summed E-state index contributed by atoms with van der Waals surface area (Å²) in [5.41, 5.74) is 2.06. The van der Waals surface area contributed by atoms with Crippen LogP contribution in [0.25, 0.3) is 11.4 Å². The number of fused-ring (bicyclic) bond motifs is 3. The quantitative estimate of drug-likeness (QED) is 0.580. The summed E-state index contributed by atoms with van der Waals surface area (Å²) in [5, 5.41) is 9.62. The molecule has 31 heavy (non-hydrogen) atoms. The second-order valence-electron chi connectivity index (χ2n) is 8.79. The van der Waals surface area contributed by atoms with Crippen molar-refractivity contribution in [2.24, 2.45) is 5.41 Å². The molecule has 0 unspecified atom stereocenters. The predicted molar refractivity (Wildman–Crippen MR) is 119 cm³/mol. The monoisotopic (exact) mass is 438 g/mol. The molecule has 1 N–H and O–H groups in total. The van der Waals surface area contributed by atoms with Crippen LogP contribution in [0.3, 0.4) is 0 Å². The normalized spacial score (nSPS) is 15.2. The Kier molecular flexibility index (Phi) is 5.35. The number of benzene rings is 1. The van der Waals surface area contributed by atoms with Gasteiger partial charge in [-0.2, -0.15) is 0 Å². The molecule has 1 aliphatic heterocycles. The van der Waals surface area contributed by atoms with E-state index in [-0.39, 0.29) is 22.2 Å². The van der Waals surface area contributed by atoms with E-state index in [2.05, 4.69) is 25.8 Å². The molecule has 0 saturated carbocycles. The van der Waals surface area contributed by atoms with Crippen LogP contribution in [0.4, 0.5) is 0 Å². The van der Waals surface area contributed by atoms with Crippen molar-refractivity contribution in [1.29, 1.82) is 0 Å². The van der Waals surface area contributed by atoms with Crippen LogP contribution in [0, 0.1) is 5.41 Å². The summed E-state index contributed by atoms with van der Waals surface area (Å²) < 4.78 is 7.78. The lowest BCUT2D eigenvalue weighted by Gasteiger charge is -2.38. The number of carboxylic acid groups (broad SMARTS) is 1. The Morgan fingerprint density at radius 1 is 1.26 bits per heavy atom. The molecule has 1 atom stereocenters. The second kappa shape index (κ2) is 7.85. The number of pyridine rings is 2. The van der Waals surface area contributed by atoms with Crippen molar-refractivity contribution >= 4 is 17.6 Å². The van der Waals surface area contributed by atoms with E-state index in [9.17, 15) is 14.7 Å². The maximum absolute atomic E-state index is 12.4. The van der Waals surface area contributed by atoms with Crippen molar-refractivity contribution in [2.75, 3.05) is 0 Å². The van der Waals surface area contributed by atoms with Gasteiger partial charge in [0.15, 0.2) is 16.3 Å². The van der Waals surface area contributed by atoms with Crippen molar-refractivity contribution in [3.63, 3.8) is 0 Å². The fourth-order valence-corrected chi connectivity index (χ4v) is 4.11. The number of hydrogen-bond donors (Lipinski definition) is 1. The van der Waals surface area contributed by atoms with E-state index >= 15 is 0 Å². The zero-order chi connectivity index (χ0) is 22.3. The molecule has 0 saturated heterocycles. The zero-order valence-electron chi connectivity index (χ0n) is 17.6. The van der Waals surface area contributed by atoms with Gasteiger partial charge in [0.1, 0.15) is 12.2 Å². The maximum atomic E-state index is 12.4. The first-order chi connectivity index (χ1) is 14.6. The van der Waals surface area contributed by atoms with Crippen molar-refractivity contribution in [1.82, 2.24) is 9.55 Å². The molecule has 3 heterocycles. The van der Waals surface area contributed by atoms with Crippen molar-refractivity contribution in [2.45, 2.75) is 39.8 Å². The molecule has 6 nitrogen and oxygen atoms in total. The summed E-state index contributed by atoms with van der Waals surface area (Å²) in [4.78, 5) is 28.5. The molecule has 160 valence electrons. The van der Waals surface area contributed by atoms with E-state index < -0.39 is 11.4 Å². The smallest absolute Gasteiger partial charge is 0.341 e. The molecule has 4 rings (SSSR count). The molecule has 1 aliphatic rings. The maximum Gasteiger partial charge on any atom is 0.341 e. The second-order valence-corrected chi connectivity index (χ2v) is 9.15. The van der Waals surface area contributed by atoms with Crippen molar-refractivity contribution in [3.05, 3.63) is 80.7 Å². The van der Waals surface area contributed by atoms with Gasteiger partial charge in [-0.15, -0.1) is 0 Å². The average Bonchev–Trinajstić information content (AvgIpc) is 2.71. The van der Waals surface area contributed by atoms with Crippen LogP contribution in [0.2, 0.25) is 5.15 Å². The molecular formula is C24H23ClN2O4. The highest BCUT2D eigenvalue weighted by Crippen LogP contribution is 2.43. The van der Waals surface area contributed by atoms with Crippen LogP contribution in [0.15, 0.2) is 53.5 Å². The number of nitrogens with zero attached hydrogens (tertiary/aromatic N) is 2. The Balaban J connectivity index is 1.80. The van der Waals surface area contributed by atoms with E-state index in [0.717, 1.165) is 11.1 Å². The minimum absolute atomic E-state index is 0.0707. The largest absolute Gasteiger partial charge is 0.486 e. The standard InChI is InChI=1S/C24H23ClN2O4/c1-24(2,3)20-10-15-9-19(31-13-14-7-5-4-6-8-14)22(25)26-21(15)17-11-18(28)16(23(29)30)12-27(17)20/h4-9,11-12,20H,10,13H2,1-3H3,(H,29,30)/t20-/m0/s1. The minimum Gasteiger partial charge on any atom is -0.486 e. The van der Waals surface area contributed by atoms with Crippen LogP contribution < -0.4 is 10.2 Å². The van der Waals surface area contributed by atoms with E-state index in [1.165, 1.54) is 12.3 Å². The Hall–Kier alpha value is -3.12. The van der Waals surface area contributed by atoms with E-state index in [0.29, 0.717) is 30.2 Å². The van der Waals surface area contributed by atoms with E-state index in [4.69, 9.17) is 16.3 Å². The number of aromatic nitrogens is 2. The first-order valence-corrected chi connectivity index (χ1v) is 10.4. The Bertz CT molecular complexity index is 1210. The fraction of sp³-hybridized carbons (Fsp3) is 0.292. The van der Waals surface area contributed by atoms with Crippen LogP contribution in [-0.2, 0) is 13.0 Å². The molecule has 3 aromatic rings. The highest BCUT2D eigenvalue weighted by Gasteiger charge is 2.34. The summed E-state index contributed by atoms with van der Waals surface area (Å²) in [7, 11) is 0. The van der Waals surface area contributed by atoms with Gasteiger partial charge in [-0.3, -0.25) is 4.79 Å². The minimum atomic E-state index is -1.24. The predicted octanol–water partition coefficient (Wildman–Crippen LogP) is 4.98. The molecule has 2 aromatic heterocycles. The molecule has 1 aromatic carbocycles. The number of ether oxygens (including phenoxy) is 1. The summed E-state index contributed by atoms with van der Waals surface area (Å²) >= 11 is 6.42. The summed E-state index contributed by atoms with van der Waals surface area (Å²) in [6.07, 6.45) is 2.04. The molecule has 0 fully saturated rings. The van der Waals surface area contributed by atoms with Gasteiger partial charge in [0.05, 0.1) is 11.4 Å². The molecule has 0 bridgehead atoms. The highest BCUT2D eigenvalue weighted by atomic mass is 35.5. The Morgan fingerprint density at radius 3 is 2.61 bits per heavy atom. The van der Waals surface area contributed by atoms with Crippen LogP contribution in [0.1, 0.15) is 48.3 Å². The lowest BCUT2D eigenvalue weighted by atomic mass is 9.80. The molecular weight excluding hydrogens is 416 g/mol. The lowest BCUT2D eigenvalue weighted by Crippen LogP contribution is -2.33. The molecule has 0 aliphatic carbocycles. The molecule has 0 radical (unpaired) electrons. The number of carbonyl (C=O) groups is 1. The van der Waals surface area contributed by atoms with Gasteiger partial charge in [-0.05, 0) is 29.0 Å².